The highest BCUT2D eigenvalue weighted by atomic mass is 16.6. The number of hydrogen-bond acceptors (Lipinski definition) is 5. The van der Waals surface area contributed by atoms with Crippen molar-refractivity contribution in [2.24, 2.45) is 4.99 Å². The van der Waals surface area contributed by atoms with E-state index in [1.807, 2.05) is 60.7 Å². The normalized spacial score (nSPS) is 18.0. The Morgan fingerprint density at radius 1 is 0.938 bits per heavy atom. The number of nitro groups is 1. The number of nitrogens with one attached hydrogen (secondary N) is 1. The van der Waals surface area contributed by atoms with Crippen molar-refractivity contribution in [2.45, 2.75) is 6.04 Å². The van der Waals surface area contributed by atoms with E-state index >= 15 is 0 Å². The van der Waals surface area contributed by atoms with Crippen LogP contribution in [0.15, 0.2) is 101 Å². The van der Waals surface area contributed by atoms with Gasteiger partial charge in [0.2, 0.25) is 0 Å². The SMILES string of the molecule is O=C1C2=C(C(c3ccccc3)=NCCN2)C(c2ccccc2[N+](=O)[O-])N1c1ccccc1. The predicted molar refractivity (Wildman–Crippen MR) is 123 cm³/mol. The number of carbonyl (C=O) groups is 1. The van der Waals surface area contributed by atoms with Gasteiger partial charge in [-0.25, -0.2) is 0 Å². The van der Waals surface area contributed by atoms with Crippen LogP contribution in [-0.4, -0.2) is 29.6 Å². The van der Waals surface area contributed by atoms with Crippen LogP contribution in [0.5, 0.6) is 0 Å². The number of amides is 1. The first-order valence-electron chi connectivity index (χ1n) is 10.4. The van der Waals surface area contributed by atoms with Crippen molar-refractivity contribution in [1.82, 2.24) is 5.32 Å². The van der Waals surface area contributed by atoms with E-state index in [4.69, 9.17) is 4.99 Å². The minimum absolute atomic E-state index is 0.0309. The molecule has 0 aliphatic carbocycles. The number of nitrogens with zero attached hydrogens (tertiary/aromatic N) is 3. The van der Waals surface area contributed by atoms with Gasteiger partial charge in [-0.1, -0.05) is 60.7 Å². The van der Waals surface area contributed by atoms with Crippen LogP contribution in [0, 0.1) is 10.1 Å². The lowest BCUT2D eigenvalue weighted by atomic mass is 9.90. The third-order valence-electron chi connectivity index (χ3n) is 5.68. The number of benzene rings is 3. The number of anilines is 1. The van der Waals surface area contributed by atoms with Gasteiger partial charge in [0.05, 0.1) is 28.8 Å². The minimum Gasteiger partial charge on any atom is -0.378 e. The maximum atomic E-state index is 13.7. The molecule has 3 aromatic rings. The molecule has 0 saturated heterocycles. The van der Waals surface area contributed by atoms with E-state index in [2.05, 4.69) is 5.32 Å². The van der Waals surface area contributed by atoms with E-state index in [-0.39, 0.29) is 11.6 Å². The molecule has 1 amide bonds. The summed E-state index contributed by atoms with van der Waals surface area (Å²) < 4.78 is 0. The summed E-state index contributed by atoms with van der Waals surface area (Å²) in [4.78, 5) is 31.7. The molecule has 1 unspecified atom stereocenters. The van der Waals surface area contributed by atoms with Gasteiger partial charge in [0.25, 0.3) is 11.6 Å². The Hall–Kier alpha value is -4.26. The van der Waals surface area contributed by atoms with Crippen LogP contribution in [-0.2, 0) is 4.79 Å². The first kappa shape index (κ1) is 19.7. The van der Waals surface area contributed by atoms with Crippen molar-refractivity contribution in [3.63, 3.8) is 0 Å². The Morgan fingerprint density at radius 3 is 2.31 bits per heavy atom. The van der Waals surface area contributed by atoms with E-state index in [1.54, 1.807) is 23.1 Å². The smallest absolute Gasteiger partial charge is 0.275 e. The second-order valence-electron chi connectivity index (χ2n) is 7.54. The van der Waals surface area contributed by atoms with Crippen molar-refractivity contribution < 1.29 is 9.72 Å². The Kier molecular flexibility index (Phi) is 4.99. The molecule has 158 valence electrons. The van der Waals surface area contributed by atoms with Gasteiger partial charge >= 0.3 is 0 Å². The maximum Gasteiger partial charge on any atom is 0.275 e. The van der Waals surface area contributed by atoms with E-state index in [1.165, 1.54) is 6.07 Å². The van der Waals surface area contributed by atoms with Crippen LogP contribution in [0.3, 0.4) is 0 Å². The second kappa shape index (κ2) is 8.11. The summed E-state index contributed by atoms with van der Waals surface area (Å²) in [5, 5.41) is 15.2. The Balaban J connectivity index is 1.78. The standard InChI is InChI=1S/C25H20N4O3/c30-25-23-21(22(26-15-16-27-23)17-9-3-1-4-10-17)24(28(25)18-11-5-2-6-12-18)19-13-7-8-14-20(19)29(31)32/h1-14,24,27H,15-16H2. The molecule has 0 fully saturated rings. The van der Waals surface area contributed by atoms with Crippen LogP contribution in [0.4, 0.5) is 11.4 Å². The number of aliphatic imine (C=N–C) groups is 1. The number of rotatable bonds is 4. The molecule has 5 rings (SSSR count). The summed E-state index contributed by atoms with van der Waals surface area (Å²) >= 11 is 0. The quantitative estimate of drug-likeness (QED) is 0.506. The van der Waals surface area contributed by atoms with Gasteiger partial charge in [-0.15, -0.1) is 0 Å². The summed E-state index contributed by atoms with van der Waals surface area (Å²) in [5.41, 5.74) is 3.75. The van der Waals surface area contributed by atoms with E-state index < -0.39 is 11.0 Å². The van der Waals surface area contributed by atoms with Gasteiger partial charge < -0.3 is 5.32 Å². The zero-order valence-electron chi connectivity index (χ0n) is 17.1. The molecule has 0 spiro atoms. The lowest BCUT2D eigenvalue weighted by Gasteiger charge is -2.28. The van der Waals surface area contributed by atoms with Crippen LogP contribution >= 0.6 is 0 Å². The zero-order chi connectivity index (χ0) is 22.1. The summed E-state index contributed by atoms with van der Waals surface area (Å²) in [6, 6.07) is 24.8. The van der Waals surface area contributed by atoms with Gasteiger partial charge in [-0.2, -0.15) is 0 Å². The fourth-order valence-electron chi connectivity index (χ4n) is 4.35. The number of carbonyl (C=O) groups excluding carboxylic acids is 1. The molecule has 2 aliphatic heterocycles. The molecule has 32 heavy (non-hydrogen) atoms. The average Bonchev–Trinajstić information content (AvgIpc) is 2.97. The minimum atomic E-state index is -0.689. The Morgan fingerprint density at radius 2 is 1.59 bits per heavy atom. The van der Waals surface area contributed by atoms with Crippen LogP contribution in [0.1, 0.15) is 17.2 Å². The topological polar surface area (TPSA) is 87.8 Å². The van der Waals surface area contributed by atoms with E-state index in [0.717, 1.165) is 5.56 Å². The first-order chi connectivity index (χ1) is 15.7. The Bertz CT molecular complexity index is 1250. The van der Waals surface area contributed by atoms with Crippen molar-refractivity contribution >= 4 is 23.0 Å². The molecule has 2 heterocycles. The molecular weight excluding hydrogens is 404 g/mol. The fourth-order valence-corrected chi connectivity index (χ4v) is 4.35. The summed E-state index contributed by atoms with van der Waals surface area (Å²) in [5.74, 6) is -0.222. The first-order valence-corrected chi connectivity index (χ1v) is 10.4. The number of para-hydroxylation sites is 2. The molecule has 0 aromatic heterocycles. The van der Waals surface area contributed by atoms with E-state index in [9.17, 15) is 14.9 Å². The molecule has 2 aliphatic rings. The van der Waals surface area contributed by atoms with Gasteiger partial charge in [-0.3, -0.25) is 24.8 Å². The van der Waals surface area contributed by atoms with Crippen molar-refractivity contribution in [3.8, 4) is 0 Å². The van der Waals surface area contributed by atoms with Gasteiger partial charge in [0, 0.05) is 29.4 Å². The highest BCUT2D eigenvalue weighted by Crippen LogP contribution is 2.45. The number of hydrogen-bond donors (Lipinski definition) is 1. The lowest BCUT2D eigenvalue weighted by molar-refractivity contribution is -0.385. The molecule has 3 aromatic carbocycles. The highest BCUT2D eigenvalue weighted by Gasteiger charge is 2.46. The maximum absolute atomic E-state index is 13.7. The molecule has 1 N–H and O–H groups in total. The van der Waals surface area contributed by atoms with Crippen LogP contribution in [0.25, 0.3) is 0 Å². The van der Waals surface area contributed by atoms with Crippen LogP contribution < -0.4 is 10.2 Å². The van der Waals surface area contributed by atoms with Gasteiger partial charge in [0.15, 0.2) is 0 Å². The average molecular weight is 424 g/mol. The van der Waals surface area contributed by atoms with Gasteiger partial charge in [0.1, 0.15) is 5.70 Å². The monoisotopic (exact) mass is 424 g/mol. The second-order valence-corrected chi connectivity index (χ2v) is 7.54. The third-order valence-corrected chi connectivity index (χ3v) is 5.68. The fraction of sp³-hybridized carbons (Fsp3) is 0.120. The molecule has 0 bridgehead atoms. The van der Waals surface area contributed by atoms with Crippen LogP contribution in [0.2, 0.25) is 0 Å². The van der Waals surface area contributed by atoms with E-state index in [0.29, 0.717) is 41.3 Å². The van der Waals surface area contributed by atoms with Crippen molar-refractivity contribution in [3.05, 3.63) is 117 Å². The molecule has 7 nitrogen and oxygen atoms in total. The predicted octanol–water partition coefficient (Wildman–Crippen LogP) is 4.03. The lowest BCUT2D eigenvalue weighted by Crippen LogP contribution is -2.34. The third kappa shape index (κ3) is 3.24. The van der Waals surface area contributed by atoms with Crippen molar-refractivity contribution in [2.75, 3.05) is 18.0 Å². The number of nitro benzene ring substituents is 1. The molecular formula is C25H20N4O3. The molecule has 1 atom stereocenters. The van der Waals surface area contributed by atoms with Crippen molar-refractivity contribution in [1.29, 1.82) is 0 Å². The molecule has 0 radical (unpaired) electrons. The Labute approximate surface area is 184 Å². The van der Waals surface area contributed by atoms with Gasteiger partial charge in [-0.05, 0) is 18.2 Å². The highest BCUT2D eigenvalue weighted by molar-refractivity contribution is 6.23. The molecule has 7 heteroatoms. The largest absolute Gasteiger partial charge is 0.378 e. The molecule has 0 saturated carbocycles. The summed E-state index contributed by atoms with van der Waals surface area (Å²) in [6.45, 7) is 1.01. The summed E-state index contributed by atoms with van der Waals surface area (Å²) in [6.07, 6.45) is 0. The zero-order valence-corrected chi connectivity index (χ0v) is 17.1. The summed E-state index contributed by atoms with van der Waals surface area (Å²) in [7, 11) is 0.